The van der Waals surface area contributed by atoms with Crippen molar-refractivity contribution in [1.29, 1.82) is 0 Å². The number of hydrogen-bond donors (Lipinski definition) is 0. The SMILES string of the molecule is COc1ccccc1/C=C1\Oc2c(ccc(OC)c2C)C1=O. The zero-order valence-corrected chi connectivity index (χ0v) is 12.7. The predicted molar refractivity (Wildman–Crippen MR) is 83.7 cm³/mol. The summed E-state index contributed by atoms with van der Waals surface area (Å²) in [6.07, 6.45) is 1.70. The Hall–Kier alpha value is -2.75. The number of allylic oxidation sites excluding steroid dienone is 1. The van der Waals surface area contributed by atoms with Crippen LogP contribution in [0.15, 0.2) is 42.2 Å². The van der Waals surface area contributed by atoms with E-state index in [-0.39, 0.29) is 11.5 Å². The van der Waals surface area contributed by atoms with Crippen LogP contribution < -0.4 is 14.2 Å². The molecule has 0 aliphatic carbocycles. The maximum Gasteiger partial charge on any atom is 0.231 e. The highest BCUT2D eigenvalue weighted by atomic mass is 16.5. The lowest BCUT2D eigenvalue weighted by Gasteiger charge is -2.08. The molecule has 2 aromatic carbocycles. The van der Waals surface area contributed by atoms with Gasteiger partial charge in [0.1, 0.15) is 17.2 Å². The van der Waals surface area contributed by atoms with Gasteiger partial charge in [0.15, 0.2) is 5.76 Å². The summed E-state index contributed by atoms with van der Waals surface area (Å²) in [5.74, 6) is 2.11. The standard InChI is InChI=1S/C18H16O4/c1-11-14(20-2)9-8-13-17(19)16(22-18(11)13)10-12-6-4-5-7-15(12)21-3/h4-10H,1-3H3/b16-10-. The van der Waals surface area contributed by atoms with Crippen LogP contribution in [-0.2, 0) is 0 Å². The Kier molecular flexibility index (Phi) is 3.59. The highest BCUT2D eigenvalue weighted by Crippen LogP contribution is 2.39. The van der Waals surface area contributed by atoms with Crippen molar-refractivity contribution in [3.05, 3.63) is 58.8 Å². The first-order chi connectivity index (χ1) is 10.7. The highest BCUT2D eigenvalue weighted by molar-refractivity contribution is 6.15. The first-order valence-corrected chi connectivity index (χ1v) is 6.90. The van der Waals surface area contributed by atoms with Crippen LogP contribution in [0.4, 0.5) is 0 Å². The average molecular weight is 296 g/mol. The normalized spacial score (nSPS) is 14.7. The lowest BCUT2D eigenvalue weighted by atomic mass is 10.1. The van der Waals surface area contributed by atoms with Crippen molar-refractivity contribution in [1.82, 2.24) is 0 Å². The summed E-state index contributed by atoms with van der Waals surface area (Å²) in [5, 5.41) is 0. The molecule has 0 saturated carbocycles. The van der Waals surface area contributed by atoms with E-state index in [1.165, 1.54) is 0 Å². The molecular formula is C18H16O4. The third kappa shape index (κ3) is 2.22. The van der Waals surface area contributed by atoms with E-state index in [1.54, 1.807) is 32.4 Å². The van der Waals surface area contributed by atoms with E-state index < -0.39 is 0 Å². The van der Waals surface area contributed by atoms with Gasteiger partial charge in [0.05, 0.1) is 19.8 Å². The number of benzene rings is 2. The number of para-hydroxylation sites is 1. The van der Waals surface area contributed by atoms with Crippen molar-refractivity contribution >= 4 is 11.9 Å². The smallest absolute Gasteiger partial charge is 0.231 e. The van der Waals surface area contributed by atoms with Gasteiger partial charge in [0.2, 0.25) is 5.78 Å². The topological polar surface area (TPSA) is 44.8 Å². The number of carbonyl (C=O) groups is 1. The number of carbonyl (C=O) groups excluding carboxylic acids is 1. The molecule has 3 rings (SSSR count). The van der Waals surface area contributed by atoms with E-state index in [4.69, 9.17) is 14.2 Å². The molecule has 1 aliphatic rings. The molecule has 0 bridgehead atoms. The fraction of sp³-hybridized carbons (Fsp3) is 0.167. The average Bonchev–Trinajstić information content (AvgIpc) is 2.86. The van der Waals surface area contributed by atoms with Crippen molar-refractivity contribution < 1.29 is 19.0 Å². The Morgan fingerprint density at radius 3 is 2.45 bits per heavy atom. The number of fused-ring (bicyclic) bond motifs is 1. The van der Waals surface area contributed by atoms with Gasteiger partial charge in [0, 0.05) is 11.1 Å². The van der Waals surface area contributed by atoms with Crippen LogP contribution >= 0.6 is 0 Å². The second-order valence-corrected chi connectivity index (χ2v) is 4.95. The van der Waals surface area contributed by atoms with Crippen LogP contribution in [0.1, 0.15) is 21.5 Å². The zero-order valence-electron chi connectivity index (χ0n) is 12.7. The summed E-state index contributed by atoms with van der Waals surface area (Å²) < 4.78 is 16.3. The third-order valence-corrected chi connectivity index (χ3v) is 3.68. The molecule has 0 spiro atoms. The molecule has 0 unspecified atom stereocenters. The van der Waals surface area contributed by atoms with E-state index in [9.17, 15) is 4.79 Å². The first-order valence-electron chi connectivity index (χ1n) is 6.90. The Bertz CT molecular complexity index is 775. The molecule has 0 N–H and O–H groups in total. The van der Waals surface area contributed by atoms with Crippen LogP contribution in [0.3, 0.4) is 0 Å². The van der Waals surface area contributed by atoms with Gasteiger partial charge in [-0.05, 0) is 31.2 Å². The second-order valence-electron chi connectivity index (χ2n) is 4.95. The highest BCUT2D eigenvalue weighted by Gasteiger charge is 2.30. The Morgan fingerprint density at radius 1 is 1.00 bits per heavy atom. The van der Waals surface area contributed by atoms with Crippen molar-refractivity contribution in [2.24, 2.45) is 0 Å². The van der Waals surface area contributed by atoms with Gasteiger partial charge in [-0.25, -0.2) is 0 Å². The molecule has 112 valence electrons. The minimum Gasteiger partial charge on any atom is -0.496 e. The number of ether oxygens (including phenoxy) is 3. The van der Waals surface area contributed by atoms with E-state index in [2.05, 4.69) is 0 Å². The van der Waals surface area contributed by atoms with Gasteiger partial charge < -0.3 is 14.2 Å². The van der Waals surface area contributed by atoms with Crippen LogP contribution in [0, 0.1) is 6.92 Å². The van der Waals surface area contributed by atoms with Gasteiger partial charge in [-0.2, -0.15) is 0 Å². The molecule has 0 amide bonds. The van der Waals surface area contributed by atoms with Gasteiger partial charge in [-0.15, -0.1) is 0 Å². The van der Waals surface area contributed by atoms with Crippen LogP contribution in [0.2, 0.25) is 0 Å². The Balaban J connectivity index is 2.04. The van der Waals surface area contributed by atoms with Gasteiger partial charge in [-0.3, -0.25) is 4.79 Å². The van der Waals surface area contributed by atoms with Gasteiger partial charge in [-0.1, -0.05) is 18.2 Å². The molecule has 1 heterocycles. The molecule has 0 saturated heterocycles. The summed E-state index contributed by atoms with van der Waals surface area (Å²) in [6, 6.07) is 11.0. The fourth-order valence-corrected chi connectivity index (χ4v) is 2.52. The van der Waals surface area contributed by atoms with Gasteiger partial charge >= 0.3 is 0 Å². The minimum absolute atomic E-state index is 0.133. The summed E-state index contributed by atoms with van der Waals surface area (Å²) >= 11 is 0. The molecular weight excluding hydrogens is 280 g/mol. The maximum atomic E-state index is 12.5. The first kappa shape index (κ1) is 14.2. The van der Waals surface area contributed by atoms with E-state index >= 15 is 0 Å². The fourth-order valence-electron chi connectivity index (χ4n) is 2.52. The van der Waals surface area contributed by atoms with Crippen molar-refractivity contribution in [3.63, 3.8) is 0 Å². The van der Waals surface area contributed by atoms with Gasteiger partial charge in [0.25, 0.3) is 0 Å². The van der Waals surface area contributed by atoms with E-state index in [1.807, 2.05) is 31.2 Å². The Labute approximate surface area is 128 Å². The molecule has 0 atom stereocenters. The molecule has 4 nitrogen and oxygen atoms in total. The number of ketones is 1. The van der Waals surface area contributed by atoms with Crippen LogP contribution in [0.5, 0.6) is 17.2 Å². The van der Waals surface area contributed by atoms with E-state index in [0.717, 1.165) is 11.1 Å². The van der Waals surface area contributed by atoms with Crippen LogP contribution in [0.25, 0.3) is 6.08 Å². The predicted octanol–water partition coefficient (Wildman–Crippen LogP) is 3.63. The van der Waals surface area contributed by atoms with E-state index in [0.29, 0.717) is 22.8 Å². The molecule has 0 fully saturated rings. The lowest BCUT2D eigenvalue weighted by Crippen LogP contribution is -1.98. The monoisotopic (exact) mass is 296 g/mol. The van der Waals surface area contributed by atoms with Crippen molar-refractivity contribution in [2.45, 2.75) is 6.92 Å². The Morgan fingerprint density at radius 2 is 1.73 bits per heavy atom. The molecule has 2 aromatic rings. The number of hydrogen-bond acceptors (Lipinski definition) is 4. The quantitative estimate of drug-likeness (QED) is 0.811. The number of Topliss-reactive ketones (excluding diaryl/α,β-unsaturated/α-hetero) is 1. The molecule has 1 aliphatic heterocycles. The van der Waals surface area contributed by atoms with Crippen LogP contribution in [-0.4, -0.2) is 20.0 Å². The molecule has 0 aromatic heterocycles. The largest absolute Gasteiger partial charge is 0.496 e. The maximum absolute atomic E-state index is 12.5. The number of rotatable bonds is 3. The summed E-state index contributed by atoms with van der Waals surface area (Å²) in [4.78, 5) is 12.5. The summed E-state index contributed by atoms with van der Waals surface area (Å²) in [6.45, 7) is 1.87. The lowest BCUT2D eigenvalue weighted by molar-refractivity contribution is 0.101. The molecule has 0 radical (unpaired) electrons. The third-order valence-electron chi connectivity index (χ3n) is 3.68. The summed E-state index contributed by atoms with van der Waals surface area (Å²) in [7, 11) is 3.19. The zero-order chi connectivity index (χ0) is 15.7. The second kappa shape index (κ2) is 5.56. The minimum atomic E-state index is -0.133. The molecule has 22 heavy (non-hydrogen) atoms. The summed E-state index contributed by atoms with van der Waals surface area (Å²) in [5.41, 5.74) is 2.17. The van der Waals surface area contributed by atoms with Crippen molar-refractivity contribution in [2.75, 3.05) is 14.2 Å². The van der Waals surface area contributed by atoms with Crippen molar-refractivity contribution in [3.8, 4) is 17.2 Å². The number of methoxy groups -OCH3 is 2. The molecule has 4 heteroatoms.